The standard InChI is InChI=1S/C15H24O9/c1-22-10-6-8(17)2-3-15(10,21)4-5-23-14-13(20)12(19)11(18)9(7-16)24-14/h2-3,9-14,16,18-21H,4-7H2,1H3/t9-,10+,11-,12+,13-,14-,15-/m1/s1. The Labute approximate surface area is 139 Å². The Bertz CT molecular complexity index is 466. The molecule has 0 unspecified atom stereocenters. The van der Waals surface area contributed by atoms with E-state index in [4.69, 9.17) is 19.3 Å². The number of rotatable bonds is 6. The summed E-state index contributed by atoms with van der Waals surface area (Å²) < 4.78 is 15.7. The number of aliphatic hydroxyl groups is 5. The van der Waals surface area contributed by atoms with Crippen LogP contribution in [0, 0.1) is 0 Å². The highest BCUT2D eigenvalue weighted by molar-refractivity contribution is 5.91. The molecular weight excluding hydrogens is 324 g/mol. The number of hydrogen-bond donors (Lipinski definition) is 5. The van der Waals surface area contributed by atoms with Gasteiger partial charge in [0.15, 0.2) is 12.1 Å². The van der Waals surface area contributed by atoms with Crippen LogP contribution in [0.2, 0.25) is 0 Å². The predicted molar refractivity (Wildman–Crippen MR) is 78.8 cm³/mol. The van der Waals surface area contributed by atoms with Crippen molar-refractivity contribution in [2.45, 2.75) is 55.3 Å². The molecular formula is C15H24O9. The highest BCUT2D eigenvalue weighted by atomic mass is 16.7. The fourth-order valence-electron chi connectivity index (χ4n) is 2.85. The van der Waals surface area contributed by atoms with Gasteiger partial charge in [0.1, 0.15) is 30.0 Å². The first-order valence-corrected chi connectivity index (χ1v) is 7.71. The van der Waals surface area contributed by atoms with E-state index in [0.29, 0.717) is 0 Å². The van der Waals surface area contributed by atoms with Crippen molar-refractivity contribution in [1.82, 2.24) is 0 Å². The molecule has 2 aliphatic rings. The van der Waals surface area contributed by atoms with Crippen LogP contribution in [0.25, 0.3) is 0 Å². The molecule has 0 spiro atoms. The van der Waals surface area contributed by atoms with Crippen molar-refractivity contribution in [1.29, 1.82) is 0 Å². The lowest BCUT2D eigenvalue weighted by atomic mass is 9.85. The van der Waals surface area contributed by atoms with Crippen molar-refractivity contribution in [2.75, 3.05) is 20.3 Å². The Hall–Kier alpha value is -0.910. The van der Waals surface area contributed by atoms with E-state index >= 15 is 0 Å². The van der Waals surface area contributed by atoms with Crippen molar-refractivity contribution >= 4 is 5.78 Å². The van der Waals surface area contributed by atoms with Gasteiger partial charge in [-0.05, 0) is 12.2 Å². The summed E-state index contributed by atoms with van der Waals surface area (Å²) in [7, 11) is 1.39. The van der Waals surface area contributed by atoms with E-state index in [1.165, 1.54) is 19.3 Å². The van der Waals surface area contributed by atoms with E-state index in [-0.39, 0.29) is 25.2 Å². The second-order valence-electron chi connectivity index (χ2n) is 6.04. The zero-order valence-electron chi connectivity index (χ0n) is 13.3. The maximum atomic E-state index is 11.4. The third-order valence-corrected chi connectivity index (χ3v) is 4.42. The number of methoxy groups -OCH3 is 1. The van der Waals surface area contributed by atoms with Gasteiger partial charge < -0.3 is 39.7 Å². The second-order valence-corrected chi connectivity index (χ2v) is 6.04. The van der Waals surface area contributed by atoms with E-state index in [2.05, 4.69) is 0 Å². The van der Waals surface area contributed by atoms with Crippen LogP contribution in [0.1, 0.15) is 12.8 Å². The highest BCUT2D eigenvalue weighted by Crippen LogP contribution is 2.28. The molecule has 1 saturated heterocycles. The molecule has 1 heterocycles. The lowest BCUT2D eigenvalue weighted by Crippen LogP contribution is -2.59. The Balaban J connectivity index is 1.93. The lowest BCUT2D eigenvalue weighted by molar-refractivity contribution is -0.302. The van der Waals surface area contributed by atoms with E-state index in [1.54, 1.807) is 0 Å². The topological polar surface area (TPSA) is 146 Å². The number of carbonyl (C=O) groups is 1. The number of ketones is 1. The van der Waals surface area contributed by atoms with Crippen molar-refractivity contribution in [2.24, 2.45) is 0 Å². The van der Waals surface area contributed by atoms with E-state index < -0.39 is 49.0 Å². The molecule has 1 aliphatic heterocycles. The molecule has 0 amide bonds. The van der Waals surface area contributed by atoms with Gasteiger partial charge in [-0.1, -0.05) is 0 Å². The number of allylic oxidation sites excluding steroid dienone is 1. The molecule has 1 fully saturated rings. The van der Waals surface area contributed by atoms with E-state index in [0.717, 1.165) is 0 Å². The zero-order chi connectivity index (χ0) is 17.9. The zero-order valence-corrected chi connectivity index (χ0v) is 13.3. The average Bonchev–Trinajstić information content (AvgIpc) is 2.57. The van der Waals surface area contributed by atoms with Gasteiger partial charge in [-0.3, -0.25) is 4.79 Å². The third-order valence-electron chi connectivity index (χ3n) is 4.42. The van der Waals surface area contributed by atoms with Crippen molar-refractivity contribution in [3.63, 3.8) is 0 Å². The molecule has 7 atom stereocenters. The molecule has 2 rings (SSSR count). The van der Waals surface area contributed by atoms with Crippen LogP contribution in [-0.2, 0) is 19.0 Å². The van der Waals surface area contributed by atoms with Crippen molar-refractivity contribution in [3.8, 4) is 0 Å². The van der Waals surface area contributed by atoms with Crippen LogP contribution >= 0.6 is 0 Å². The number of carbonyl (C=O) groups excluding carboxylic acids is 1. The quantitative estimate of drug-likeness (QED) is 0.350. The van der Waals surface area contributed by atoms with Gasteiger partial charge in [-0.25, -0.2) is 0 Å². The normalized spacial score (nSPS) is 43.2. The SMILES string of the molecule is CO[C@H]1CC(=O)C=C[C@@]1(O)CCO[C@@H]1O[C@H](CO)[C@@H](O)[C@H](O)[C@H]1O. The first-order chi connectivity index (χ1) is 11.3. The molecule has 24 heavy (non-hydrogen) atoms. The molecule has 9 heteroatoms. The molecule has 0 radical (unpaired) electrons. The molecule has 0 aromatic rings. The van der Waals surface area contributed by atoms with E-state index in [1.807, 2.05) is 0 Å². The van der Waals surface area contributed by atoms with Gasteiger partial charge in [-0.2, -0.15) is 0 Å². The Morgan fingerprint density at radius 1 is 1.29 bits per heavy atom. The van der Waals surface area contributed by atoms with E-state index in [9.17, 15) is 25.2 Å². The van der Waals surface area contributed by atoms with Gasteiger partial charge >= 0.3 is 0 Å². The molecule has 5 N–H and O–H groups in total. The molecule has 0 bridgehead atoms. The van der Waals surface area contributed by atoms with Gasteiger partial charge in [0.05, 0.1) is 19.3 Å². The van der Waals surface area contributed by atoms with Crippen LogP contribution in [0.4, 0.5) is 0 Å². The van der Waals surface area contributed by atoms with Crippen molar-refractivity contribution < 1.29 is 44.5 Å². The fraction of sp³-hybridized carbons (Fsp3) is 0.800. The highest BCUT2D eigenvalue weighted by Gasteiger charge is 2.44. The van der Waals surface area contributed by atoms with Gasteiger partial charge in [0.25, 0.3) is 0 Å². The summed E-state index contributed by atoms with van der Waals surface area (Å²) in [6, 6.07) is 0. The molecule has 9 nitrogen and oxygen atoms in total. The summed E-state index contributed by atoms with van der Waals surface area (Å²) in [4.78, 5) is 11.4. The summed E-state index contributed by atoms with van der Waals surface area (Å²) in [5.41, 5.74) is -1.41. The number of hydrogen-bond acceptors (Lipinski definition) is 9. The summed E-state index contributed by atoms with van der Waals surface area (Å²) in [5.74, 6) is -0.152. The Morgan fingerprint density at radius 2 is 2.00 bits per heavy atom. The van der Waals surface area contributed by atoms with Crippen molar-refractivity contribution in [3.05, 3.63) is 12.2 Å². The van der Waals surface area contributed by atoms with Gasteiger partial charge in [0.2, 0.25) is 0 Å². The molecule has 138 valence electrons. The van der Waals surface area contributed by atoms with Crippen LogP contribution in [0.15, 0.2) is 12.2 Å². The Morgan fingerprint density at radius 3 is 2.62 bits per heavy atom. The Kier molecular flexibility index (Phi) is 6.46. The van der Waals surface area contributed by atoms with Crippen LogP contribution in [0.3, 0.4) is 0 Å². The lowest BCUT2D eigenvalue weighted by Gasteiger charge is -2.40. The summed E-state index contributed by atoms with van der Waals surface area (Å²) >= 11 is 0. The molecule has 0 aromatic carbocycles. The van der Waals surface area contributed by atoms with Crippen LogP contribution in [-0.4, -0.2) is 94.1 Å². The molecule has 0 saturated carbocycles. The summed E-state index contributed by atoms with van der Waals surface area (Å²) in [6.45, 7) is -0.622. The van der Waals surface area contributed by atoms with Crippen LogP contribution < -0.4 is 0 Å². The van der Waals surface area contributed by atoms with Crippen LogP contribution in [0.5, 0.6) is 0 Å². The summed E-state index contributed by atoms with van der Waals surface area (Å²) in [6.07, 6.45) is -4.79. The van der Waals surface area contributed by atoms with Gasteiger partial charge in [0, 0.05) is 20.0 Å². The maximum absolute atomic E-state index is 11.4. The fourth-order valence-corrected chi connectivity index (χ4v) is 2.85. The van der Waals surface area contributed by atoms with Gasteiger partial charge in [-0.15, -0.1) is 0 Å². The number of ether oxygens (including phenoxy) is 3. The largest absolute Gasteiger partial charge is 0.394 e. The molecule has 1 aliphatic carbocycles. The first-order valence-electron chi connectivity index (χ1n) is 7.71. The minimum Gasteiger partial charge on any atom is -0.394 e. The first kappa shape index (κ1) is 19.4. The summed E-state index contributed by atoms with van der Waals surface area (Å²) in [5, 5.41) is 48.9. The minimum atomic E-state index is -1.53. The maximum Gasteiger partial charge on any atom is 0.186 e. The second kappa shape index (κ2) is 7.98. The minimum absolute atomic E-state index is 0.0452. The monoisotopic (exact) mass is 348 g/mol. The third kappa shape index (κ3) is 4.01. The number of aliphatic hydroxyl groups excluding tert-OH is 4. The smallest absolute Gasteiger partial charge is 0.186 e. The average molecular weight is 348 g/mol. The predicted octanol–water partition coefficient (Wildman–Crippen LogP) is -2.53. The molecule has 0 aromatic heterocycles.